The minimum atomic E-state index is -0.00795. The van der Waals surface area contributed by atoms with Crippen LogP contribution < -0.4 is 5.73 Å². The summed E-state index contributed by atoms with van der Waals surface area (Å²) in [5.74, 6) is 0.114. The lowest BCUT2D eigenvalue weighted by atomic mass is 9.88. The first-order valence-corrected chi connectivity index (χ1v) is 7.57. The van der Waals surface area contributed by atoms with Gasteiger partial charge >= 0.3 is 5.97 Å². The second kappa shape index (κ2) is 7.85. The van der Waals surface area contributed by atoms with Crippen LogP contribution in [0.5, 0.6) is 0 Å². The molecular formula is C15H30N2O2. The number of rotatable bonds is 7. The van der Waals surface area contributed by atoms with Crippen molar-refractivity contribution >= 4 is 5.97 Å². The van der Waals surface area contributed by atoms with E-state index in [4.69, 9.17) is 10.5 Å². The number of piperidine rings is 1. The lowest BCUT2D eigenvalue weighted by Gasteiger charge is -2.31. The van der Waals surface area contributed by atoms with Gasteiger partial charge in [-0.25, -0.2) is 0 Å². The second-order valence-electron chi connectivity index (χ2n) is 6.34. The van der Waals surface area contributed by atoms with Crippen molar-refractivity contribution in [2.45, 2.75) is 46.5 Å². The van der Waals surface area contributed by atoms with Crippen molar-refractivity contribution in [3.8, 4) is 0 Å². The highest BCUT2D eigenvalue weighted by Crippen LogP contribution is 2.22. The summed E-state index contributed by atoms with van der Waals surface area (Å²) < 4.78 is 5.09. The van der Waals surface area contributed by atoms with E-state index in [1.54, 1.807) is 0 Å². The van der Waals surface area contributed by atoms with Gasteiger partial charge in [0.2, 0.25) is 0 Å². The Balaban J connectivity index is 2.18. The summed E-state index contributed by atoms with van der Waals surface area (Å²) >= 11 is 0. The maximum absolute atomic E-state index is 11.6. The Kier molecular flexibility index (Phi) is 6.80. The summed E-state index contributed by atoms with van der Waals surface area (Å²) in [5, 5.41) is 0. The van der Waals surface area contributed by atoms with Crippen LogP contribution in [0.15, 0.2) is 0 Å². The molecule has 4 nitrogen and oxygen atoms in total. The second-order valence-corrected chi connectivity index (χ2v) is 6.34. The van der Waals surface area contributed by atoms with Gasteiger partial charge in [0.25, 0.3) is 0 Å². The van der Waals surface area contributed by atoms with E-state index in [2.05, 4.69) is 18.7 Å². The summed E-state index contributed by atoms with van der Waals surface area (Å²) in [6, 6.07) is 0. The molecule has 0 radical (unpaired) electrons. The van der Waals surface area contributed by atoms with Crippen molar-refractivity contribution in [2.24, 2.45) is 17.1 Å². The fourth-order valence-corrected chi connectivity index (χ4v) is 2.54. The number of hydrogen-bond donors (Lipinski definition) is 1. The predicted molar refractivity (Wildman–Crippen MR) is 77.9 cm³/mol. The Hall–Kier alpha value is -0.610. The predicted octanol–water partition coefficient (Wildman–Crippen LogP) is 2.03. The number of ether oxygens (including phenoxy) is 1. The summed E-state index contributed by atoms with van der Waals surface area (Å²) in [7, 11) is 0. The third kappa shape index (κ3) is 5.91. The quantitative estimate of drug-likeness (QED) is 0.719. The average Bonchev–Trinajstić information content (AvgIpc) is 2.39. The van der Waals surface area contributed by atoms with E-state index >= 15 is 0 Å². The van der Waals surface area contributed by atoms with Crippen LogP contribution in [0, 0.1) is 11.3 Å². The first-order chi connectivity index (χ1) is 8.98. The lowest BCUT2D eigenvalue weighted by Crippen LogP contribution is -2.38. The molecule has 1 aliphatic heterocycles. The van der Waals surface area contributed by atoms with Gasteiger partial charge in [0.15, 0.2) is 0 Å². The summed E-state index contributed by atoms with van der Waals surface area (Å²) in [6.07, 6.45) is 4.24. The van der Waals surface area contributed by atoms with Crippen molar-refractivity contribution < 1.29 is 9.53 Å². The first kappa shape index (κ1) is 16.4. The van der Waals surface area contributed by atoms with Gasteiger partial charge in [-0.3, -0.25) is 4.79 Å². The molecule has 0 aromatic heterocycles. The smallest absolute Gasteiger partial charge is 0.309 e. The molecule has 0 amide bonds. The molecule has 0 saturated carbocycles. The average molecular weight is 270 g/mol. The monoisotopic (exact) mass is 270 g/mol. The zero-order valence-electron chi connectivity index (χ0n) is 12.8. The van der Waals surface area contributed by atoms with Crippen LogP contribution in [0.4, 0.5) is 0 Å². The van der Waals surface area contributed by atoms with Gasteiger partial charge in [0.05, 0.1) is 12.5 Å². The van der Waals surface area contributed by atoms with E-state index in [-0.39, 0.29) is 17.3 Å². The molecule has 2 N–H and O–H groups in total. The number of nitrogens with two attached hydrogens (primary N) is 1. The number of carbonyl (C=O) groups is 1. The maximum Gasteiger partial charge on any atom is 0.309 e. The van der Waals surface area contributed by atoms with Crippen molar-refractivity contribution in [1.82, 2.24) is 4.90 Å². The van der Waals surface area contributed by atoms with E-state index < -0.39 is 0 Å². The molecule has 1 rings (SSSR count). The molecule has 0 aliphatic carbocycles. The summed E-state index contributed by atoms with van der Waals surface area (Å²) in [5.41, 5.74) is 5.99. The van der Waals surface area contributed by atoms with Crippen LogP contribution >= 0.6 is 0 Å². The molecule has 1 saturated heterocycles. The van der Waals surface area contributed by atoms with Crippen LogP contribution in [-0.2, 0) is 9.53 Å². The molecule has 0 spiro atoms. The minimum absolute atomic E-state index is 0.00795. The molecule has 112 valence electrons. The third-order valence-corrected chi connectivity index (χ3v) is 4.09. The van der Waals surface area contributed by atoms with Crippen LogP contribution in [0.1, 0.15) is 46.5 Å². The van der Waals surface area contributed by atoms with Crippen molar-refractivity contribution in [1.29, 1.82) is 0 Å². The van der Waals surface area contributed by atoms with Gasteiger partial charge in [-0.2, -0.15) is 0 Å². The van der Waals surface area contributed by atoms with Gasteiger partial charge in [0.1, 0.15) is 0 Å². The number of esters is 1. The normalized spacial score (nSPS) is 18.5. The first-order valence-electron chi connectivity index (χ1n) is 7.57. The fourth-order valence-electron chi connectivity index (χ4n) is 2.54. The van der Waals surface area contributed by atoms with Crippen molar-refractivity contribution in [3.63, 3.8) is 0 Å². The highest BCUT2D eigenvalue weighted by atomic mass is 16.5. The molecule has 0 atom stereocenters. The Bertz CT molecular complexity index is 271. The summed E-state index contributed by atoms with van der Waals surface area (Å²) in [4.78, 5) is 14.1. The van der Waals surface area contributed by atoms with E-state index in [0.717, 1.165) is 39.0 Å². The molecule has 19 heavy (non-hydrogen) atoms. The Morgan fingerprint density at radius 1 is 1.37 bits per heavy atom. The molecule has 0 aromatic rings. The number of likely N-dealkylation sites (tertiary alicyclic amines) is 1. The Labute approximate surface area is 117 Å². The summed E-state index contributed by atoms with van der Waals surface area (Å²) in [6.45, 7) is 10.7. The van der Waals surface area contributed by atoms with Crippen molar-refractivity contribution in [2.75, 3.05) is 32.8 Å². The van der Waals surface area contributed by atoms with E-state index in [1.807, 2.05) is 6.92 Å². The van der Waals surface area contributed by atoms with E-state index in [9.17, 15) is 4.79 Å². The van der Waals surface area contributed by atoms with Crippen LogP contribution in [-0.4, -0.2) is 43.7 Å². The van der Waals surface area contributed by atoms with E-state index in [1.165, 1.54) is 12.8 Å². The van der Waals surface area contributed by atoms with Crippen LogP contribution in [0.2, 0.25) is 0 Å². The largest absolute Gasteiger partial charge is 0.466 e. The van der Waals surface area contributed by atoms with Crippen LogP contribution in [0.3, 0.4) is 0 Å². The van der Waals surface area contributed by atoms with Gasteiger partial charge < -0.3 is 15.4 Å². The molecule has 4 heteroatoms. The molecular weight excluding hydrogens is 240 g/mol. The molecule has 1 aliphatic rings. The number of carbonyl (C=O) groups excluding carboxylic acids is 1. The van der Waals surface area contributed by atoms with E-state index in [0.29, 0.717) is 6.61 Å². The van der Waals surface area contributed by atoms with Gasteiger partial charge in [-0.15, -0.1) is 0 Å². The molecule has 1 fully saturated rings. The Morgan fingerprint density at radius 2 is 2.00 bits per heavy atom. The van der Waals surface area contributed by atoms with Gasteiger partial charge in [-0.05, 0) is 64.2 Å². The molecule has 0 bridgehead atoms. The SMILES string of the molecule is CCOC(=O)C1CCN(CCCC(C)(C)CN)CC1. The highest BCUT2D eigenvalue weighted by molar-refractivity contribution is 5.72. The maximum atomic E-state index is 11.6. The molecule has 0 aromatic carbocycles. The topological polar surface area (TPSA) is 55.6 Å². The molecule has 0 unspecified atom stereocenters. The number of nitrogens with zero attached hydrogens (tertiary/aromatic N) is 1. The van der Waals surface area contributed by atoms with Crippen molar-refractivity contribution in [3.05, 3.63) is 0 Å². The van der Waals surface area contributed by atoms with Gasteiger partial charge in [-0.1, -0.05) is 13.8 Å². The lowest BCUT2D eigenvalue weighted by molar-refractivity contribution is -0.149. The highest BCUT2D eigenvalue weighted by Gasteiger charge is 2.26. The molecule has 1 heterocycles. The Morgan fingerprint density at radius 3 is 2.53 bits per heavy atom. The number of hydrogen-bond acceptors (Lipinski definition) is 4. The van der Waals surface area contributed by atoms with Crippen LogP contribution in [0.25, 0.3) is 0 Å². The third-order valence-electron chi connectivity index (χ3n) is 4.09. The zero-order valence-corrected chi connectivity index (χ0v) is 12.8. The van der Waals surface area contributed by atoms with Gasteiger partial charge in [0, 0.05) is 0 Å². The minimum Gasteiger partial charge on any atom is -0.466 e. The standard InChI is InChI=1S/C15H30N2O2/c1-4-19-14(18)13-6-10-17(11-7-13)9-5-8-15(2,3)12-16/h13H,4-12,16H2,1-3H3. The zero-order chi connectivity index (χ0) is 14.3. The fraction of sp³-hybridized carbons (Fsp3) is 0.933.